The molecule has 0 aromatic rings. The summed E-state index contributed by atoms with van der Waals surface area (Å²) in [6, 6.07) is 0. The van der Waals surface area contributed by atoms with Crippen LogP contribution in [0.5, 0.6) is 0 Å². The van der Waals surface area contributed by atoms with E-state index in [1.807, 2.05) is 0 Å². The summed E-state index contributed by atoms with van der Waals surface area (Å²) in [7, 11) is -4.40. The molecule has 0 saturated heterocycles. The van der Waals surface area contributed by atoms with E-state index in [-0.39, 0.29) is 38.6 Å². The van der Waals surface area contributed by atoms with Gasteiger partial charge in [0, 0.05) is 19.4 Å². The van der Waals surface area contributed by atoms with E-state index in [0.29, 0.717) is 6.42 Å². The number of phosphoric acid groups is 1. The van der Waals surface area contributed by atoms with Crippen molar-refractivity contribution in [1.29, 1.82) is 0 Å². The molecule has 0 aliphatic carbocycles. The Morgan fingerprint density at radius 1 is 0.425 bits per heavy atom. The first-order chi connectivity index (χ1) is 35.8. The number of ether oxygens (including phenoxy) is 2. The number of phosphoric ester groups is 1. The van der Waals surface area contributed by atoms with E-state index in [2.05, 4.69) is 135 Å². The van der Waals surface area contributed by atoms with Gasteiger partial charge in [0.15, 0.2) is 6.10 Å². The average molecular weight is 1040 g/mol. The molecule has 0 aliphatic rings. The second-order valence-corrected chi connectivity index (χ2v) is 20.2. The first kappa shape index (κ1) is 69.4. The molecule has 416 valence electrons. The van der Waals surface area contributed by atoms with Gasteiger partial charge in [0.2, 0.25) is 0 Å². The van der Waals surface area contributed by atoms with Gasteiger partial charge >= 0.3 is 19.8 Å². The Kier molecular flexibility index (Phi) is 54.8. The molecule has 0 spiro atoms. The number of allylic oxidation sites excluding steroid dienone is 20. The third kappa shape index (κ3) is 57.5. The van der Waals surface area contributed by atoms with Crippen molar-refractivity contribution in [2.45, 2.75) is 238 Å². The number of hydrogen-bond acceptors (Lipinski definition) is 8. The normalized spacial score (nSPS) is 14.0. The molecule has 73 heavy (non-hydrogen) atoms. The third-order valence-corrected chi connectivity index (χ3v) is 12.8. The molecule has 2 atom stereocenters. The van der Waals surface area contributed by atoms with Crippen LogP contribution in [-0.2, 0) is 32.7 Å². The highest BCUT2D eigenvalue weighted by Crippen LogP contribution is 2.43. The summed E-state index contributed by atoms with van der Waals surface area (Å²) in [6.07, 6.45) is 79.7. The largest absolute Gasteiger partial charge is 0.472 e. The monoisotopic (exact) mass is 1040 g/mol. The Hall–Kier alpha value is -3.59. The highest BCUT2D eigenvalue weighted by atomic mass is 31.2. The molecule has 0 amide bonds. The fourth-order valence-corrected chi connectivity index (χ4v) is 8.37. The number of unbranched alkanes of at least 4 members (excludes halogenated alkanes) is 20. The van der Waals surface area contributed by atoms with Crippen molar-refractivity contribution in [2.75, 3.05) is 26.4 Å². The zero-order valence-electron chi connectivity index (χ0n) is 46.3. The zero-order chi connectivity index (χ0) is 53.1. The Balaban J connectivity index is 4.03. The number of carbonyl (C=O) groups excluding carboxylic acids is 2. The van der Waals surface area contributed by atoms with Crippen molar-refractivity contribution < 1.29 is 37.6 Å². The maximum atomic E-state index is 12.7. The lowest BCUT2D eigenvalue weighted by molar-refractivity contribution is -0.161. The van der Waals surface area contributed by atoms with Crippen LogP contribution < -0.4 is 5.73 Å². The number of esters is 2. The van der Waals surface area contributed by atoms with Crippen LogP contribution in [0.2, 0.25) is 0 Å². The molecule has 2 unspecified atom stereocenters. The lowest BCUT2D eigenvalue weighted by Crippen LogP contribution is -2.29. The number of hydrogen-bond donors (Lipinski definition) is 2. The van der Waals surface area contributed by atoms with E-state index in [9.17, 15) is 19.0 Å². The summed E-state index contributed by atoms with van der Waals surface area (Å²) >= 11 is 0. The standard InChI is InChI=1S/C63H106NO8P/c1-3-5-7-9-11-13-15-17-19-20-21-22-23-24-25-26-27-28-29-30-31-32-33-34-35-36-37-38-39-40-42-44-46-48-50-52-54-56-63(66)72-61(60-71-73(67,68)70-58-57-64)59-69-62(65)55-53-51-49-47-45-43-41-18-16-14-12-10-8-6-4-2/h5,7,11,13,17,19,21-22,24-25,27-28,30-31,33-34,36-37,39-40,61H,3-4,6,8-10,12,14-16,18,20,23,26,29,32,35,38,41-60,64H2,1-2H3,(H,67,68)/b7-5-,13-11-,19-17-,22-21-,25-24-,28-27-,31-30-,34-33-,37-36-,40-39-. The summed E-state index contributed by atoms with van der Waals surface area (Å²) in [5, 5.41) is 0. The van der Waals surface area contributed by atoms with E-state index in [0.717, 1.165) is 122 Å². The molecule has 9 nitrogen and oxygen atoms in total. The molecule has 0 aliphatic heterocycles. The molecule has 0 saturated carbocycles. The molecule has 10 heteroatoms. The molecule has 0 bridgehead atoms. The highest BCUT2D eigenvalue weighted by molar-refractivity contribution is 7.47. The summed E-state index contributed by atoms with van der Waals surface area (Å²) in [5.41, 5.74) is 5.37. The molecule has 0 fully saturated rings. The lowest BCUT2D eigenvalue weighted by Gasteiger charge is -2.19. The second-order valence-electron chi connectivity index (χ2n) is 18.8. The van der Waals surface area contributed by atoms with E-state index in [1.54, 1.807) is 0 Å². The van der Waals surface area contributed by atoms with Gasteiger partial charge in [-0.25, -0.2) is 4.57 Å². The molecule has 0 aromatic carbocycles. The Morgan fingerprint density at radius 2 is 0.753 bits per heavy atom. The topological polar surface area (TPSA) is 134 Å². The fraction of sp³-hybridized carbons (Fsp3) is 0.651. The Morgan fingerprint density at radius 3 is 1.12 bits per heavy atom. The van der Waals surface area contributed by atoms with Crippen LogP contribution in [0.15, 0.2) is 122 Å². The van der Waals surface area contributed by atoms with Gasteiger partial charge < -0.3 is 20.1 Å². The van der Waals surface area contributed by atoms with Gasteiger partial charge in [0.25, 0.3) is 0 Å². The van der Waals surface area contributed by atoms with Gasteiger partial charge in [-0.3, -0.25) is 18.6 Å². The van der Waals surface area contributed by atoms with E-state index in [1.165, 1.54) is 77.0 Å². The summed E-state index contributed by atoms with van der Waals surface area (Å²) < 4.78 is 33.0. The van der Waals surface area contributed by atoms with Gasteiger partial charge in [-0.2, -0.15) is 0 Å². The van der Waals surface area contributed by atoms with Crippen molar-refractivity contribution >= 4 is 19.8 Å². The number of rotatable bonds is 53. The third-order valence-electron chi connectivity index (χ3n) is 11.9. The fourth-order valence-electron chi connectivity index (χ4n) is 7.60. The van der Waals surface area contributed by atoms with Gasteiger partial charge in [0.1, 0.15) is 6.61 Å². The minimum atomic E-state index is -4.40. The van der Waals surface area contributed by atoms with Crippen molar-refractivity contribution in [3.8, 4) is 0 Å². The number of carbonyl (C=O) groups is 2. The number of nitrogens with two attached hydrogens (primary N) is 1. The van der Waals surface area contributed by atoms with Crippen molar-refractivity contribution in [3.05, 3.63) is 122 Å². The quantitative estimate of drug-likeness (QED) is 0.0264. The van der Waals surface area contributed by atoms with Crippen LogP contribution in [0.25, 0.3) is 0 Å². The molecule has 0 heterocycles. The van der Waals surface area contributed by atoms with Crippen LogP contribution in [0.4, 0.5) is 0 Å². The second kappa shape index (κ2) is 57.7. The summed E-state index contributed by atoms with van der Waals surface area (Å²) in [6.45, 7) is 3.61. The first-order valence-corrected chi connectivity index (χ1v) is 30.5. The highest BCUT2D eigenvalue weighted by Gasteiger charge is 2.26. The Bertz CT molecular complexity index is 1600. The van der Waals surface area contributed by atoms with Gasteiger partial charge in [0.05, 0.1) is 13.2 Å². The van der Waals surface area contributed by atoms with E-state index in [4.69, 9.17) is 24.3 Å². The lowest BCUT2D eigenvalue weighted by atomic mass is 10.0. The molecular formula is C63H106NO8P. The minimum absolute atomic E-state index is 0.0461. The van der Waals surface area contributed by atoms with Gasteiger partial charge in [-0.05, 0) is 89.9 Å². The predicted molar refractivity (Wildman–Crippen MR) is 311 cm³/mol. The molecule has 0 aromatic heterocycles. The summed E-state index contributed by atoms with van der Waals surface area (Å²) in [4.78, 5) is 35.1. The van der Waals surface area contributed by atoms with Gasteiger partial charge in [-0.15, -0.1) is 0 Å². The molecule has 0 rings (SSSR count). The SMILES string of the molecule is CC/C=C\C/C=C\C/C=C\C/C=C\C/C=C\C/C=C\C/C=C\C/C=C\C/C=C\C/C=C\CCCCCCCCC(=O)OC(COC(=O)CCCCCCCCCCCCCCCCC)COP(=O)(O)OCCN. The van der Waals surface area contributed by atoms with Crippen molar-refractivity contribution in [3.63, 3.8) is 0 Å². The molecule has 3 N–H and O–H groups in total. The van der Waals surface area contributed by atoms with Crippen LogP contribution in [0, 0.1) is 0 Å². The Labute approximate surface area is 447 Å². The van der Waals surface area contributed by atoms with Crippen LogP contribution in [0.3, 0.4) is 0 Å². The van der Waals surface area contributed by atoms with Crippen molar-refractivity contribution in [1.82, 2.24) is 0 Å². The minimum Gasteiger partial charge on any atom is -0.462 e. The van der Waals surface area contributed by atoms with Crippen molar-refractivity contribution in [2.24, 2.45) is 5.73 Å². The predicted octanol–water partition coefficient (Wildman–Crippen LogP) is 18.4. The van der Waals surface area contributed by atoms with Crippen LogP contribution in [-0.4, -0.2) is 49.3 Å². The first-order valence-electron chi connectivity index (χ1n) is 29.0. The smallest absolute Gasteiger partial charge is 0.462 e. The zero-order valence-corrected chi connectivity index (χ0v) is 47.2. The van der Waals surface area contributed by atoms with Gasteiger partial charge in [-0.1, -0.05) is 251 Å². The van der Waals surface area contributed by atoms with Crippen LogP contribution >= 0.6 is 7.82 Å². The van der Waals surface area contributed by atoms with E-state index < -0.39 is 26.5 Å². The van der Waals surface area contributed by atoms with E-state index >= 15 is 0 Å². The summed E-state index contributed by atoms with van der Waals surface area (Å²) in [5.74, 6) is -0.847. The maximum absolute atomic E-state index is 12.7. The maximum Gasteiger partial charge on any atom is 0.472 e. The molecular weight excluding hydrogens is 930 g/mol. The average Bonchev–Trinajstić information content (AvgIpc) is 3.38. The molecule has 0 radical (unpaired) electrons. The van der Waals surface area contributed by atoms with Crippen LogP contribution in [0.1, 0.15) is 232 Å².